The average Bonchev–Trinajstić information content (AvgIpc) is 2.28. The third-order valence-corrected chi connectivity index (χ3v) is 3.25. The quantitative estimate of drug-likeness (QED) is 0.827. The number of hydrogen-bond donors (Lipinski definition) is 0. The molecule has 1 aromatic carbocycles. The van der Waals surface area contributed by atoms with E-state index in [0.717, 1.165) is 23.3 Å². The fourth-order valence-corrected chi connectivity index (χ4v) is 1.88. The summed E-state index contributed by atoms with van der Waals surface area (Å²) in [6.45, 7) is -0.0758. The van der Waals surface area contributed by atoms with Crippen molar-refractivity contribution in [1.82, 2.24) is 4.90 Å². The Morgan fingerprint density at radius 1 is 1.33 bits per heavy atom. The molecule has 18 heavy (non-hydrogen) atoms. The van der Waals surface area contributed by atoms with Crippen molar-refractivity contribution in [3.63, 3.8) is 0 Å². The molecule has 4 nitrogen and oxygen atoms in total. The standard InChI is InChI=1S/C11H13F2NO3S/c1-14(6-7-18(2,16)17)11(15)8-4-3-5-9(12)10(8)13/h3-5H,6-7H2,1-2H3. The van der Waals surface area contributed by atoms with Crippen LogP contribution >= 0.6 is 0 Å². The van der Waals surface area contributed by atoms with Gasteiger partial charge in [-0.2, -0.15) is 0 Å². The molecule has 0 saturated heterocycles. The second kappa shape index (κ2) is 5.43. The van der Waals surface area contributed by atoms with Gasteiger partial charge >= 0.3 is 0 Å². The molecule has 0 aliphatic heterocycles. The number of benzene rings is 1. The van der Waals surface area contributed by atoms with Gasteiger partial charge < -0.3 is 4.90 Å². The molecule has 1 rings (SSSR count). The van der Waals surface area contributed by atoms with Gasteiger partial charge in [0.2, 0.25) is 0 Å². The molecule has 0 N–H and O–H groups in total. The van der Waals surface area contributed by atoms with Crippen molar-refractivity contribution >= 4 is 15.7 Å². The highest BCUT2D eigenvalue weighted by molar-refractivity contribution is 7.90. The highest BCUT2D eigenvalue weighted by Gasteiger charge is 2.19. The van der Waals surface area contributed by atoms with Gasteiger partial charge in [-0.25, -0.2) is 17.2 Å². The smallest absolute Gasteiger partial charge is 0.256 e. The molecule has 0 spiro atoms. The summed E-state index contributed by atoms with van der Waals surface area (Å²) >= 11 is 0. The van der Waals surface area contributed by atoms with Crippen molar-refractivity contribution in [1.29, 1.82) is 0 Å². The fraction of sp³-hybridized carbons (Fsp3) is 0.364. The zero-order valence-electron chi connectivity index (χ0n) is 9.98. The molecule has 1 amide bonds. The minimum Gasteiger partial charge on any atom is -0.341 e. The summed E-state index contributed by atoms with van der Waals surface area (Å²) in [6, 6.07) is 3.27. The molecule has 0 saturated carbocycles. The van der Waals surface area contributed by atoms with Crippen molar-refractivity contribution in [2.45, 2.75) is 0 Å². The van der Waals surface area contributed by atoms with Crippen LogP contribution in [0.4, 0.5) is 8.78 Å². The maximum atomic E-state index is 13.3. The van der Waals surface area contributed by atoms with E-state index in [1.54, 1.807) is 0 Å². The number of sulfone groups is 1. The van der Waals surface area contributed by atoms with Crippen LogP contribution in [0.1, 0.15) is 10.4 Å². The Hall–Kier alpha value is -1.50. The topological polar surface area (TPSA) is 54.5 Å². The van der Waals surface area contributed by atoms with Gasteiger partial charge in [0.25, 0.3) is 5.91 Å². The minimum absolute atomic E-state index is 0.0758. The Morgan fingerprint density at radius 3 is 2.50 bits per heavy atom. The lowest BCUT2D eigenvalue weighted by atomic mass is 10.2. The van der Waals surface area contributed by atoms with E-state index in [9.17, 15) is 22.0 Å². The minimum atomic E-state index is -3.21. The first-order chi connectivity index (χ1) is 8.22. The van der Waals surface area contributed by atoms with E-state index in [4.69, 9.17) is 0 Å². The summed E-state index contributed by atoms with van der Waals surface area (Å²) in [6.07, 6.45) is 1.04. The summed E-state index contributed by atoms with van der Waals surface area (Å²) in [7, 11) is -1.88. The van der Waals surface area contributed by atoms with Gasteiger partial charge in [0.1, 0.15) is 9.84 Å². The summed E-state index contributed by atoms with van der Waals surface area (Å²) in [5.41, 5.74) is -0.411. The number of carbonyl (C=O) groups is 1. The molecule has 1 aromatic rings. The van der Waals surface area contributed by atoms with Crippen LogP contribution in [0.2, 0.25) is 0 Å². The zero-order chi connectivity index (χ0) is 13.9. The number of amides is 1. The van der Waals surface area contributed by atoms with Crippen molar-refractivity contribution in [2.75, 3.05) is 25.6 Å². The molecular weight excluding hydrogens is 264 g/mol. The molecule has 0 aliphatic rings. The molecule has 7 heteroatoms. The molecule has 0 aliphatic carbocycles. The second-order valence-electron chi connectivity index (χ2n) is 3.96. The van der Waals surface area contributed by atoms with E-state index in [1.165, 1.54) is 13.1 Å². The molecule has 0 aromatic heterocycles. The normalized spacial score (nSPS) is 11.3. The van der Waals surface area contributed by atoms with Gasteiger partial charge in [0.05, 0.1) is 11.3 Å². The summed E-state index contributed by atoms with van der Waals surface area (Å²) in [4.78, 5) is 12.8. The Bertz CT molecular complexity index is 557. The number of carbonyl (C=O) groups excluding carboxylic acids is 1. The lowest BCUT2D eigenvalue weighted by Gasteiger charge is -2.16. The zero-order valence-corrected chi connectivity index (χ0v) is 10.8. The van der Waals surface area contributed by atoms with Gasteiger partial charge in [-0.3, -0.25) is 4.79 Å². The highest BCUT2D eigenvalue weighted by atomic mass is 32.2. The predicted octanol–water partition coefficient (Wildman–Crippen LogP) is 1.08. The van der Waals surface area contributed by atoms with Gasteiger partial charge in [-0.15, -0.1) is 0 Å². The summed E-state index contributed by atoms with van der Waals surface area (Å²) in [5, 5.41) is 0. The van der Waals surface area contributed by atoms with Crippen LogP contribution in [-0.2, 0) is 9.84 Å². The lowest BCUT2D eigenvalue weighted by Crippen LogP contribution is -2.32. The second-order valence-corrected chi connectivity index (χ2v) is 6.22. The van der Waals surface area contributed by atoms with Gasteiger partial charge in [-0.05, 0) is 12.1 Å². The fourth-order valence-electron chi connectivity index (χ4n) is 1.28. The molecular formula is C11H13F2NO3S. The largest absolute Gasteiger partial charge is 0.341 e. The van der Waals surface area contributed by atoms with Crippen molar-refractivity contribution < 1.29 is 22.0 Å². The number of halogens is 2. The Morgan fingerprint density at radius 2 is 1.94 bits per heavy atom. The molecule has 0 unspecified atom stereocenters. The summed E-state index contributed by atoms with van der Waals surface area (Å²) in [5.74, 6) is -3.33. The number of rotatable bonds is 4. The third kappa shape index (κ3) is 3.76. The number of hydrogen-bond acceptors (Lipinski definition) is 3. The van der Waals surface area contributed by atoms with Crippen LogP contribution in [0.25, 0.3) is 0 Å². The number of nitrogens with zero attached hydrogens (tertiary/aromatic N) is 1. The van der Waals surface area contributed by atoms with Crippen molar-refractivity contribution in [2.24, 2.45) is 0 Å². The van der Waals surface area contributed by atoms with Crippen molar-refractivity contribution in [3.05, 3.63) is 35.4 Å². The molecule has 0 radical (unpaired) electrons. The van der Waals surface area contributed by atoms with E-state index < -0.39 is 32.9 Å². The van der Waals surface area contributed by atoms with Crippen LogP contribution < -0.4 is 0 Å². The molecule has 0 atom stereocenters. The maximum Gasteiger partial charge on any atom is 0.256 e. The van der Waals surface area contributed by atoms with E-state index in [0.29, 0.717) is 0 Å². The average molecular weight is 277 g/mol. The van der Waals surface area contributed by atoms with Crippen LogP contribution in [0.15, 0.2) is 18.2 Å². The first-order valence-electron chi connectivity index (χ1n) is 5.09. The van der Waals surface area contributed by atoms with Crippen LogP contribution in [0.3, 0.4) is 0 Å². The molecule has 0 bridgehead atoms. The Kier molecular flexibility index (Phi) is 4.39. The van der Waals surface area contributed by atoms with Crippen LogP contribution in [-0.4, -0.2) is 44.8 Å². The van der Waals surface area contributed by atoms with Gasteiger partial charge in [0.15, 0.2) is 11.6 Å². The van der Waals surface area contributed by atoms with E-state index in [2.05, 4.69) is 0 Å². The van der Waals surface area contributed by atoms with Gasteiger partial charge in [-0.1, -0.05) is 6.07 Å². The SMILES string of the molecule is CN(CCS(C)(=O)=O)C(=O)c1cccc(F)c1F. The lowest BCUT2D eigenvalue weighted by molar-refractivity contribution is 0.0797. The first-order valence-corrected chi connectivity index (χ1v) is 7.15. The highest BCUT2D eigenvalue weighted by Crippen LogP contribution is 2.13. The molecule has 0 heterocycles. The monoisotopic (exact) mass is 277 g/mol. The Balaban J connectivity index is 2.84. The predicted molar refractivity (Wildman–Crippen MR) is 63.0 cm³/mol. The van der Waals surface area contributed by atoms with Crippen molar-refractivity contribution in [3.8, 4) is 0 Å². The van der Waals surface area contributed by atoms with Gasteiger partial charge in [0, 0.05) is 19.8 Å². The van der Waals surface area contributed by atoms with Crippen LogP contribution in [0.5, 0.6) is 0 Å². The first kappa shape index (κ1) is 14.6. The van der Waals surface area contributed by atoms with E-state index >= 15 is 0 Å². The van der Waals surface area contributed by atoms with E-state index in [-0.39, 0.29) is 12.3 Å². The summed E-state index contributed by atoms with van der Waals surface area (Å²) < 4.78 is 48.2. The molecule has 100 valence electrons. The van der Waals surface area contributed by atoms with Crippen LogP contribution in [0, 0.1) is 11.6 Å². The third-order valence-electron chi connectivity index (χ3n) is 2.33. The van der Waals surface area contributed by atoms with E-state index in [1.807, 2.05) is 0 Å². The maximum absolute atomic E-state index is 13.3. The molecule has 0 fully saturated rings. The Labute approximate surface area is 104 Å².